The Morgan fingerprint density at radius 3 is 2.05 bits per heavy atom. The highest BCUT2D eigenvalue weighted by molar-refractivity contribution is 5.66. The fraction of sp³-hybridized carbons (Fsp3) is 0.375. The van der Waals surface area contributed by atoms with Crippen molar-refractivity contribution < 1.29 is 19.1 Å². The lowest BCUT2D eigenvalue weighted by Gasteiger charge is -2.08. The van der Waals surface area contributed by atoms with Crippen LogP contribution >= 0.6 is 0 Å². The van der Waals surface area contributed by atoms with E-state index in [4.69, 9.17) is 9.47 Å². The van der Waals surface area contributed by atoms with Crippen LogP contribution in [0, 0.1) is 0 Å². The molecule has 1 rings (SSSR count). The predicted molar refractivity (Wildman–Crippen MR) is 76.1 cm³/mol. The number of hydrogen-bond donors (Lipinski definition) is 0. The quantitative estimate of drug-likeness (QED) is 0.567. The van der Waals surface area contributed by atoms with Gasteiger partial charge < -0.3 is 9.47 Å². The molecule has 0 bridgehead atoms. The first-order valence-electron chi connectivity index (χ1n) is 6.56. The van der Waals surface area contributed by atoms with Gasteiger partial charge in [0.2, 0.25) is 0 Å². The number of ether oxygens (including phenoxy) is 2. The molecule has 0 amide bonds. The van der Waals surface area contributed by atoms with E-state index in [1.165, 1.54) is 19.4 Å². The molecular weight excluding hydrogens is 256 g/mol. The summed E-state index contributed by atoms with van der Waals surface area (Å²) in [5.74, 6) is -0.691. The van der Waals surface area contributed by atoms with E-state index < -0.39 is 0 Å². The average molecular weight is 276 g/mol. The predicted octanol–water partition coefficient (Wildman–Crippen LogP) is 2.67. The Morgan fingerprint density at radius 1 is 1.00 bits per heavy atom. The maximum absolute atomic E-state index is 10.8. The van der Waals surface area contributed by atoms with Gasteiger partial charge in [0, 0.05) is 19.4 Å². The second kappa shape index (κ2) is 8.91. The van der Waals surface area contributed by atoms with Crippen LogP contribution in [0.3, 0.4) is 0 Å². The molecule has 20 heavy (non-hydrogen) atoms. The summed E-state index contributed by atoms with van der Waals surface area (Å²) in [6, 6.07) is 10.1. The molecule has 4 heteroatoms. The largest absolute Gasteiger partial charge is 0.461 e. The van der Waals surface area contributed by atoms with Crippen molar-refractivity contribution >= 4 is 11.9 Å². The van der Waals surface area contributed by atoms with Crippen LogP contribution in [0.5, 0.6) is 0 Å². The molecule has 1 aromatic rings. The Hall–Kier alpha value is -2.10. The van der Waals surface area contributed by atoms with E-state index in [9.17, 15) is 9.59 Å². The van der Waals surface area contributed by atoms with Gasteiger partial charge in [0.05, 0.1) is 0 Å². The van der Waals surface area contributed by atoms with Gasteiger partial charge >= 0.3 is 11.9 Å². The van der Waals surface area contributed by atoms with Gasteiger partial charge in [-0.3, -0.25) is 9.59 Å². The highest BCUT2D eigenvalue weighted by atomic mass is 16.5. The van der Waals surface area contributed by atoms with Gasteiger partial charge in [-0.2, -0.15) is 0 Å². The number of benzene rings is 1. The molecule has 0 aliphatic heterocycles. The zero-order valence-corrected chi connectivity index (χ0v) is 11.9. The van der Waals surface area contributed by atoms with E-state index in [2.05, 4.69) is 12.1 Å². The van der Waals surface area contributed by atoms with E-state index in [1.54, 1.807) is 0 Å². The normalized spacial score (nSPS) is 9.70. The molecule has 0 atom stereocenters. The van der Waals surface area contributed by atoms with Crippen molar-refractivity contribution in [2.75, 3.05) is 13.2 Å². The summed E-state index contributed by atoms with van der Waals surface area (Å²) in [4.78, 5) is 21.6. The lowest BCUT2D eigenvalue weighted by molar-refractivity contribution is -0.141. The molecule has 0 N–H and O–H groups in total. The van der Waals surface area contributed by atoms with Gasteiger partial charge in [-0.1, -0.05) is 36.4 Å². The average Bonchev–Trinajstić information content (AvgIpc) is 2.42. The van der Waals surface area contributed by atoms with E-state index in [0.29, 0.717) is 0 Å². The minimum Gasteiger partial charge on any atom is -0.461 e. The van der Waals surface area contributed by atoms with Crippen LogP contribution in [0.1, 0.15) is 25.8 Å². The number of carbonyl (C=O) groups excluding carboxylic acids is 2. The van der Waals surface area contributed by atoms with Gasteiger partial charge in [-0.05, 0) is 18.4 Å². The third kappa shape index (κ3) is 7.36. The number of aryl methyl sites for hydroxylation is 1. The maximum atomic E-state index is 10.8. The van der Waals surface area contributed by atoms with Crippen molar-refractivity contribution in [3.63, 3.8) is 0 Å². The van der Waals surface area contributed by atoms with Gasteiger partial charge in [-0.15, -0.1) is 0 Å². The first-order valence-corrected chi connectivity index (χ1v) is 6.56. The molecule has 0 fully saturated rings. The van der Waals surface area contributed by atoms with Crippen molar-refractivity contribution in [3.8, 4) is 0 Å². The Morgan fingerprint density at radius 2 is 1.55 bits per heavy atom. The Kier molecular flexibility index (Phi) is 7.11. The van der Waals surface area contributed by atoms with Crippen LogP contribution in [-0.2, 0) is 25.5 Å². The third-order valence-electron chi connectivity index (χ3n) is 2.63. The highest BCUT2D eigenvalue weighted by Crippen LogP contribution is 2.06. The van der Waals surface area contributed by atoms with Gasteiger partial charge in [0.15, 0.2) is 0 Å². The highest BCUT2D eigenvalue weighted by Gasteiger charge is 2.03. The number of rotatable bonds is 7. The molecule has 0 aliphatic rings. The second-order valence-electron chi connectivity index (χ2n) is 4.45. The van der Waals surface area contributed by atoms with Crippen LogP contribution in [0.25, 0.3) is 0 Å². The minimum atomic E-state index is -0.346. The molecule has 0 heterocycles. The zero-order valence-electron chi connectivity index (χ0n) is 11.9. The van der Waals surface area contributed by atoms with Crippen molar-refractivity contribution in [2.24, 2.45) is 0 Å². The molecule has 108 valence electrons. The van der Waals surface area contributed by atoms with Crippen molar-refractivity contribution in [2.45, 2.75) is 26.7 Å². The Bertz CT molecular complexity index is 443. The summed E-state index contributed by atoms with van der Waals surface area (Å²) >= 11 is 0. The number of esters is 2. The smallest absolute Gasteiger partial charge is 0.302 e. The van der Waals surface area contributed by atoms with Crippen molar-refractivity contribution in [1.82, 2.24) is 0 Å². The van der Waals surface area contributed by atoms with Crippen LogP contribution in [0.4, 0.5) is 0 Å². The second-order valence-corrected chi connectivity index (χ2v) is 4.45. The third-order valence-corrected chi connectivity index (χ3v) is 2.63. The Labute approximate surface area is 119 Å². The molecule has 0 spiro atoms. The maximum Gasteiger partial charge on any atom is 0.302 e. The van der Waals surface area contributed by atoms with Crippen molar-refractivity contribution in [3.05, 3.63) is 47.5 Å². The molecule has 4 nitrogen and oxygen atoms in total. The fourth-order valence-electron chi connectivity index (χ4n) is 1.64. The van der Waals surface area contributed by atoms with Crippen LogP contribution < -0.4 is 0 Å². The monoisotopic (exact) mass is 276 g/mol. The Balaban J connectivity index is 2.49. The topological polar surface area (TPSA) is 52.6 Å². The summed E-state index contributed by atoms with van der Waals surface area (Å²) in [6.07, 6.45) is 3.66. The molecule has 0 unspecified atom stereocenters. The molecule has 0 saturated heterocycles. The van der Waals surface area contributed by atoms with E-state index in [1.807, 2.05) is 24.3 Å². The van der Waals surface area contributed by atoms with Crippen LogP contribution in [0.15, 0.2) is 42.0 Å². The molecule has 0 radical (unpaired) electrons. The molecule has 0 saturated carbocycles. The summed E-state index contributed by atoms with van der Waals surface area (Å²) < 4.78 is 9.88. The molecular formula is C16H20O4. The minimum absolute atomic E-state index is 0.164. The van der Waals surface area contributed by atoms with Gasteiger partial charge in [0.25, 0.3) is 0 Å². The molecule has 1 aromatic carbocycles. The first-order chi connectivity index (χ1) is 9.58. The van der Waals surface area contributed by atoms with Crippen molar-refractivity contribution in [1.29, 1.82) is 0 Å². The summed E-state index contributed by atoms with van der Waals surface area (Å²) in [5.41, 5.74) is 2.04. The lowest BCUT2D eigenvalue weighted by atomic mass is 10.1. The van der Waals surface area contributed by atoms with E-state index in [0.717, 1.165) is 18.4 Å². The standard InChI is InChI=1S/C16H20O4/c1-13(17)19-11-16(12-20-14(2)18)10-6-9-15-7-4-3-5-8-15/h3-5,7-8,10H,6,9,11-12H2,1-2H3. The van der Waals surface area contributed by atoms with E-state index in [-0.39, 0.29) is 25.2 Å². The fourth-order valence-corrected chi connectivity index (χ4v) is 1.64. The molecule has 0 aromatic heterocycles. The summed E-state index contributed by atoms with van der Waals surface area (Å²) in [7, 11) is 0. The first kappa shape index (κ1) is 16.0. The summed E-state index contributed by atoms with van der Waals surface area (Å²) in [5, 5.41) is 0. The number of carbonyl (C=O) groups is 2. The lowest BCUT2D eigenvalue weighted by Crippen LogP contribution is -2.10. The van der Waals surface area contributed by atoms with Gasteiger partial charge in [-0.25, -0.2) is 0 Å². The summed E-state index contributed by atoms with van der Waals surface area (Å²) in [6.45, 7) is 3.04. The van der Waals surface area contributed by atoms with Crippen LogP contribution in [0.2, 0.25) is 0 Å². The van der Waals surface area contributed by atoms with E-state index >= 15 is 0 Å². The number of hydrogen-bond acceptors (Lipinski definition) is 4. The molecule has 0 aliphatic carbocycles. The van der Waals surface area contributed by atoms with Crippen LogP contribution in [-0.4, -0.2) is 25.2 Å². The van der Waals surface area contributed by atoms with Gasteiger partial charge in [0.1, 0.15) is 13.2 Å². The zero-order chi connectivity index (χ0) is 14.8. The number of allylic oxidation sites excluding steroid dienone is 1. The SMILES string of the molecule is CC(=O)OCC(=CCCc1ccccc1)COC(C)=O.